The highest BCUT2D eigenvalue weighted by Crippen LogP contribution is 1.98. The van der Waals surface area contributed by atoms with Crippen LogP contribution in [0.4, 0.5) is 0 Å². The van der Waals surface area contributed by atoms with E-state index in [0.717, 1.165) is 5.56 Å². The van der Waals surface area contributed by atoms with Crippen molar-refractivity contribution in [3.05, 3.63) is 35.9 Å². The van der Waals surface area contributed by atoms with Crippen LogP contribution in [-0.4, -0.2) is 37.4 Å². The Labute approximate surface area is 112 Å². The molecule has 0 aliphatic carbocycles. The van der Waals surface area contributed by atoms with E-state index in [-0.39, 0.29) is 13.2 Å². The first-order valence-electron chi connectivity index (χ1n) is 5.93. The fourth-order valence-electron chi connectivity index (χ4n) is 1.38. The third kappa shape index (κ3) is 6.98. The molecule has 102 valence electrons. The lowest BCUT2D eigenvalue weighted by molar-refractivity contribution is -0.155. The third-order valence-corrected chi connectivity index (χ3v) is 2.15. The maximum absolute atomic E-state index is 10.9. The van der Waals surface area contributed by atoms with E-state index in [1.807, 2.05) is 30.3 Å². The molecular formula is C14H17NO4. The van der Waals surface area contributed by atoms with E-state index in [0.29, 0.717) is 0 Å². The summed E-state index contributed by atoms with van der Waals surface area (Å²) in [5.74, 6) is -0.837. The molecule has 0 radical (unpaired) electrons. The highest BCUT2D eigenvalue weighted by Gasteiger charge is 2.12. The molecule has 0 aliphatic heterocycles. The fraction of sp³-hybridized carbons (Fsp3) is 0.357. The van der Waals surface area contributed by atoms with Crippen molar-refractivity contribution >= 4 is 18.2 Å². The molecule has 0 aliphatic rings. The summed E-state index contributed by atoms with van der Waals surface area (Å²) in [4.78, 5) is 25.8. The normalized spacial score (nSPS) is 12.1. The predicted octanol–water partition coefficient (Wildman–Crippen LogP) is 1.60. The van der Waals surface area contributed by atoms with Crippen molar-refractivity contribution < 1.29 is 19.1 Å². The van der Waals surface area contributed by atoms with Crippen LogP contribution in [-0.2, 0) is 19.1 Å². The minimum absolute atomic E-state index is 0.0149. The van der Waals surface area contributed by atoms with Gasteiger partial charge < -0.3 is 9.47 Å². The number of aliphatic imine (C=N–C) groups is 1. The van der Waals surface area contributed by atoms with E-state index in [1.165, 1.54) is 13.8 Å². The van der Waals surface area contributed by atoms with E-state index in [9.17, 15) is 9.59 Å². The number of hydrogen-bond acceptors (Lipinski definition) is 5. The van der Waals surface area contributed by atoms with Crippen LogP contribution in [0.2, 0.25) is 0 Å². The summed E-state index contributed by atoms with van der Waals surface area (Å²) in [6.07, 6.45) is 1.13. The monoisotopic (exact) mass is 263 g/mol. The van der Waals surface area contributed by atoms with Crippen molar-refractivity contribution in [2.75, 3.05) is 13.2 Å². The van der Waals surface area contributed by atoms with Crippen LogP contribution >= 0.6 is 0 Å². The van der Waals surface area contributed by atoms with E-state index >= 15 is 0 Å². The van der Waals surface area contributed by atoms with E-state index in [2.05, 4.69) is 4.99 Å². The largest absolute Gasteiger partial charge is 0.462 e. The van der Waals surface area contributed by atoms with E-state index < -0.39 is 18.0 Å². The average molecular weight is 263 g/mol. The number of carbonyl (C=O) groups excluding carboxylic acids is 2. The molecule has 1 rings (SSSR count). The highest BCUT2D eigenvalue weighted by molar-refractivity contribution is 5.79. The van der Waals surface area contributed by atoms with E-state index in [4.69, 9.17) is 9.47 Å². The molecule has 5 nitrogen and oxygen atoms in total. The lowest BCUT2D eigenvalue weighted by Gasteiger charge is -2.14. The van der Waals surface area contributed by atoms with E-state index in [1.54, 1.807) is 6.21 Å². The molecule has 1 atom stereocenters. The Kier molecular flexibility index (Phi) is 6.29. The van der Waals surface area contributed by atoms with Crippen LogP contribution in [0.15, 0.2) is 35.3 Å². The fourth-order valence-corrected chi connectivity index (χ4v) is 1.38. The Bertz CT molecular complexity index is 442. The molecule has 1 aromatic carbocycles. The molecule has 5 heteroatoms. The number of rotatable bonds is 6. The number of ether oxygens (including phenoxy) is 2. The molecule has 19 heavy (non-hydrogen) atoms. The topological polar surface area (TPSA) is 65.0 Å². The standard InChI is InChI=1S/C14H17NO4/c1-11(16)18-10-14(19-12(2)17)9-15-8-13-6-4-3-5-7-13/h3-8,14H,9-10H2,1-2H3. The Morgan fingerprint density at radius 1 is 1.21 bits per heavy atom. The Morgan fingerprint density at radius 2 is 1.89 bits per heavy atom. The van der Waals surface area contributed by atoms with Crippen LogP contribution in [0.3, 0.4) is 0 Å². The summed E-state index contributed by atoms with van der Waals surface area (Å²) in [7, 11) is 0. The van der Waals surface area contributed by atoms with Gasteiger partial charge in [-0.1, -0.05) is 30.3 Å². The maximum atomic E-state index is 10.9. The van der Waals surface area contributed by atoms with Gasteiger partial charge in [-0.25, -0.2) is 0 Å². The Hall–Kier alpha value is -2.17. The van der Waals surface area contributed by atoms with Gasteiger partial charge in [-0.05, 0) is 5.56 Å². The van der Waals surface area contributed by atoms with Crippen LogP contribution in [0.25, 0.3) is 0 Å². The van der Waals surface area contributed by atoms with Gasteiger partial charge in [-0.3, -0.25) is 14.6 Å². The van der Waals surface area contributed by atoms with Crippen molar-refractivity contribution in [2.24, 2.45) is 4.99 Å². The molecule has 0 saturated heterocycles. The van der Waals surface area contributed by atoms with Crippen molar-refractivity contribution in [1.82, 2.24) is 0 Å². The zero-order valence-corrected chi connectivity index (χ0v) is 11.0. The maximum Gasteiger partial charge on any atom is 0.303 e. The molecule has 0 saturated carbocycles. The summed E-state index contributed by atoms with van der Waals surface area (Å²) < 4.78 is 9.83. The van der Waals surface area contributed by atoms with Gasteiger partial charge >= 0.3 is 11.9 Å². The van der Waals surface area contributed by atoms with Gasteiger partial charge in [-0.15, -0.1) is 0 Å². The van der Waals surface area contributed by atoms with Crippen LogP contribution in [0.1, 0.15) is 19.4 Å². The third-order valence-electron chi connectivity index (χ3n) is 2.15. The first-order chi connectivity index (χ1) is 9.08. The number of nitrogens with zero attached hydrogens (tertiary/aromatic N) is 1. The average Bonchev–Trinajstić information content (AvgIpc) is 2.36. The summed E-state index contributed by atoms with van der Waals surface area (Å²) in [6, 6.07) is 9.56. The van der Waals surface area contributed by atoms with Gasteiger partial charge in [0.05, 0.1) is 6.54 Å². The van der Waals surface area contributed by atoms with Gasteiger partial charge in [0.25, 0.3) is 0 Å². The number of carbonyl (C=O) groups is 2. The van der Waals surface area contributed by atoms with Gasteiger partial charge in [0.15, 0.2) is 6.10 Å². The summed E-state index contributed by atoms with van der Waals surface area (Å²) in [6.45, 7) is 2.88. The van der Waals surface area contributed by atoms with Crippen molar-refractivity contribution in [3.8, 4) is 0 Å². The van der Waals surface area contributed by atoms with Crippen molar-refractivity contribution in [2.45, 2.75) is 20.0 Å². The minimum Gasteiger partial charge on any atom is -0.462 e. The predicted molar refractivity (Wildman–Crippen MR) is 71.1 cm³/mol. The molecule has 0 spiro atoms. The van der Waals surface area contributed by atoms with Gasteiger partial charge in [0.1, 0.15) is 6.61 Å². The summed E-state index contributed by atoms with van der Waals surface area (Å²) in [5, 5.41) is 0. The number of benzene rings is 1. The molecule has 1 unspecified atom stereocenters. The SMILES string of the molecule is CC(=O)OCC(CN=Cc1ccccc1)OC(C)=O. The Balaban J connectivity index is 2.49. The number of esters is 2. The molecule has 1 aromatic rings. The second-order valence-corrected chi connectivity index (χ2v) is 3.94. The highest BCUT2D eigenvalue weighted by atomic mass is 16.6. The summed E-state index contributed by atoms with van der Waals surface area (Å²) in [5.41, 5.74) is 0.955. The smallest absolute Gasteiger partial charge is 0.303 e. The van der Waals surface area contributed by atoms with Crippen LogP contribution < -0.4 is 0 Å². The summed E-state index contributed by atoms with van der Waals surface area (Å²) >= 11 is 0. The Morgan fingerprint density at radius 3 is 2.47 bits per heavy atom. The molecule has 0 aromatic heterocycles. The molecule has 0 bridgehead atoms. The minimum atomic E-state index is -0.554. The van der Waals surface area contributed by atoms with Crippen molar-refractivity contribution in [1.29, 1.82) is 0 Å². The first-order valence-corrected chi connectivity index (χ1v) is 5.93. The van der Waals surface area contributed by atoms with Gasteiger partial charge in [0, 0.05) is 20.1 Å². The first kappa shape index (κ1) is 14.9. The molecule has 0 heterocycles. The van der Waals surface area contributed by atoms with Crippen LogP contribution in [0.5, 0.6) is 0 Å². The number of hydrogen-bond donors (Lipinski definition) is 0. The lowest BCUT2D eigenvalue weighted by atomic mass is 10.2. The van der Waals surface area contributed by atoms with Crippen molar-refractivity contribution in [3.63, 3.8) is 0 Å². The molecule has 0 amide bonds. The zero-order chi connectivity index (χ0) is 14.1. The second-order valence-electron chi connectivity index (χ2n) is 3.94. The van der Waals surface area contributed by atoms with Gasteiger partial charge in [0.2, 0.25) is 0 Å². The molecule has 0 fully saturated rings. The van der Waals surface area contributed by atoms with Crippen LogP contribution in [0, 0.1) is 0 Å². The molecule has 0 N–H and O–H groups in total. The molecular weight excluding hydrogens is 246 g/mol. The lowest BCUT2D eigenvalue weighted by Crippen LogP contribution is -2.26. The van der Waals surface area contributed by atoms with Gasteiger partial charge in [-0.2, -0.15) is 0 Å². The second kappa shape index (κ2) is 8.02. The quantitative estimate of drug-likeness (QED) is 0.577. The zero-order valence-electron chi connectivity index (χ0n) is 11.0.